The van der Waals surface area contributed by atoms with Crippen LogP contribution in [0.1, 0.15) is 6.42 Å². The topological polar surface area (TPSA) is 29.5 Å². The summed E-state index contributed by atoms with van der Waals surface area (Å²) in [5, 5.41) is 0. The van der Waals surface area contributed by atoms with Gasteiger partial charge in [-0.1, -0.05) is 0 Å². The van der Waals surface area contributed by atoms with Crippen LogP contribution < -0.4 is 0 Å². The molecule has 64 valence electrons. The van der Waals surface area contributed by atoms with E-state index in [0.717, 1.165) is 13.0 Å². The number of carbonyl (C=O) groups is 1. The lowest BCUT2D eigenvalue weighted by Crippen LogP contribution is -2.30. The highest BCUT2D eigenvalue weighted by Gasteiger charge is 2.24. The number of methoxy groups -OCH3 is 1. The van der Waals surface area contributed by atoms with E-state index in [2.05, 4.69) is 0 Å². The summed E-state index contributed by atoms with van der Waals surface area (Å²) in [4.78, 5) is 12.8. The number of hydrogen-bond donors (Lipinski definition) is 0. The van der Waals surface area contributed by atoms with Gasteiger partial charge in [0.1, 0.15) is 5.88 Å². The van der Waals surface area contributed by atoms with E-state index >= 15 is 0 Å². The molecular formula is C7H12ClNO2. The first kappa shape index (κ1) is 8.81. The summed E-state index contributed by atoms with van der Waals surface area (Å²) in [5.74, 6) is 0.0856. The van der Waals surface area contributed by atoms with Crippen molar-refractivity contribution in [1.29, 1.82) is 0 Å². The lowest BCUT2D eigenvalue weighted by Gasteiger charge is -2.13. The zero-order valence-corrected chi connectivity index (χ0v) is 7.30. The number of nitrogens with zero attached hydrogens (tertiary/aromatic N) is 1. The van der Waals surface area contributed by atoms with Crippen LogP contribution >= 0.6 is 11.6 Å². The van der Waals surface area contributed by atoms with Gasteiger partial charge in [0.15, 0.2) is 0 Å². The Hall–Kier alpha value is -0.280. The molecule has 0 saturated carbocycles. The van der Waals surface area contributed by atoms with Crippen LogP contribution in [0.15, 0.2) is 0 Å². The Labute approximate surface area is 71.3 Å². The highest BCUT2D eigenvalue weighted by molar-refractivity contribution is 6.27. The monoisotopic (exact) mass is 177 g/mol. The fourth-order valence-electron chi connectivity index (χ4n) is 1.23. The average Bonchev–Trinajstić information content (AvgIpc) is 2.50. The molecule has 0 bridgehead atoms. The summed E-state index contributed by atoms with van der Waals surface area (Å²) in [6, 6.07) is 0. The van der Waals surface area contributed by atoms with Crippen LogP contribution in [-0.2, 0) is 9.53 Å². The fraction of sp³-hybridized carbons (Fsp3) is 0.857. The lowest BCUT2D eigenvalue weighted by molar-refractivity contribution is -0.127. The molecule has 1 saturated heterocycles. The Morgan fingerprint density at radius 1 is 1.82 bits per heavy atom. The molecule has 0 spiro atoms. The molecule has 0 unspecified atom stereocenters. The Kier molecular flexibility index (Phi) is 3.15. The van der Waals surface area contributed by atoms with E-state index in [1.807, 2.05) is 0 Å². The van der Waals surface area contributed by atoms with Gasteiger partial charge in [-0.25, -0.2) is 0 Å². The zero-order valence-electron chi connectivity index (χ0n) is 6.55. The summed E-state index contributed by atoms with van der Waals surface area (Å²) >= 11 is 5.39. The van der Waals surface area contributed by atoms with Gasteiger partial charge < -0.3 is 9.64 Å². The van der Waals surface area contributed by atoms with Crippen LogP contribution in [0.5, 0.6) is 0 Å². The van der Waals surface area contributed by atoms with E-state index < -0.39 is 0 Å². The van der Waals surface area contributed by atoms with Gasteiger partial charge in [0.2, 0.25) is 5.91 Å². The lowest BCUT2D eigenvalue weighted by atomic mass is 10.3. The maximum atomic E-state index is 11.0. The molecule has 1 heterocycles. The maximum Gasteiger partial charge on any atom is 0.237 e. The highest BCUT2D eigenvalue weighted by atomic mass is 35.5. The number of halogens is 1. The van der Waals surface area contributed by atoms with Crippen molar-refractivity contribution in [3.63, 3.8) is 0 Å². The van der Waals surface area contributed by atoms with Gasteiger partial charge in [0.25, 0.3) is 0 Å². The highest BCUT2D eigenvalue weighted by Crippen LogP contribution is 2.11. The Morgan fingerprint density at radius 3 is 3.00 bits per heavy atom. The first-order valence-electron chi connectivity index (χ1n) is 3.64. The molecule has 1 fully saturated rings. The van der Waals surface area contributed by atoms with Crippen molar-refractivity contribution in [3.05, 3.63) is 0 Å². The molecule has 1 aliphatic rings. The summed E-state index contributed by atoms with van der Waals surface area (Å²) < 4.78 is 5.10. The van der Waals surface area contributed by atoms with Gasteiger partial charge in [-0.3, -0.25) is 4.79 Å². The Bertz CT molecular complexity index is 151. The molecule has 1 amide bonds. The van der Waals surface area contributed by atoms with Gasteiger partial charge in [-0.05, 0) is 6.42 Å². The number of likely N-dealkylation sites (tertiary alicyclic amines) is 1. The average molecular weight is 178 g/mol. The molecule has 0 N–H and O–H groups in total. The van der Waals surface area contributed by atoms with Crippen molar-refractivity contribution < 1.29 is 9.53 Å². The molecule has 0 aliphatic carbocycles. The second kappa shape index (κ2) is 3.93. The standard InChI is InChI=1S/C7H12ClNO2/c1-11-6-2-3-9(5-6)7(10)4-8/h6H,2-5H2,1H3/t6-/m1/s1. The van der Waals surface area contributed by atoms with Crippen LogP contribution in [0.25, 0.3) is 0 Å². The normalized spacial score (nSPS) is 24.2. The zero-order chi connectivity index (χ0) is 8.27. The van der Waals surface area contributed by atoms with Gasteiger partial charge >= 0.3 is 0 Å². The van der Waals surface area contributed by atoms with Gasteiger partial charge in [0.05, 0.1) is 6.10 Å². The van der Waals surface area contributed by atoms with Crippen LogP contribution in [0, 0.1) is 0 Å². The molecule has 11 heavy (non-hydrogen) atoms. The Morgan fingerprint density at radius 2 is 2.55 bits per heavy atom. The third-order valence-corrected chi connectivity index (χ3v) is 2.17. The van der Waals surface area contributed by atoms with Crippen LogP contribution in [-0.4, -0.2) is 43.0 Å². The number of ether oxygens (including phenoxy) is 1. The molecule has 0 radical (unpaired) electrons. The number of carbonyl (C=O) groups excluding carboxylic acids is 1. The number of rotatable bonds is 2. The molecule has 4 heteroatoms. The van der Waals surface area contributed by atoms with E-state index in [9.17, 15) is 4.79 Å². The van der Waals surface area contributed by atoms with E-state index in [4.69, 9.17) is 16.3 Å². The number of amides is 1. The predicted molar refractivity (Wildman–Crippen MR) is 42.7 cm³/mol. The number of alkyl halides is 1. The van der Waals surface area contributed by atoms with Crippen molar-refractivity contribution in [1.82, 2.24) is 4.90 Å². The first-order chi connectivity index (χ1) is 5.27. The number of hydrogen-bond acceptors (Lipinski definition) is 2. The van der Waals surface area contributed by atoms with Crippen molar-refractivity contribution in [2.45, 2.75) is 12.5 Å². The second-order valence-electron chi connectivity index (χ2n) is 2.62. The minimum absolute atomic E-state index is 0.00576. The Balaban J connectivity index is 2.35. The molecule has 3 nitrogen and oxygen atoms in total. The molecule has 1 atom stereocenters. The van der Waals surface area contributed by atoms with Crippen molar-refractivity contribution >= 4 is 17.5 Å². The van der Waals surface area contributed by atoms with Gasteiger partial charge in [-0.15, -0.1) is 11.6 Å². The predicted octanol–water partition coefficient (Wildman–Crippen LogP) is 0.472. The largest absolute Gasteiger partial charge is 0.380 e. The summed E-state index contributed by atoms with van der Waals surface area (Å²) in [5.41, 5.74) is 0. The van der Waals surface area contributed by atoms with E-state index in [1.54, 1.807) is 12.0 Å². The van der Waals surface area contributed by atoms with E-state index in [-0.39, 0.29) is 17.9 Å². The summed E-state index contributed by atoms with van der Waals surface area (Å²) in [6.45, 7) is 1.48. The smallest absolute Gasteiger partial charge is 0.237 e. The molecule has 1 aliphatic heterocycles. The second-order valence-corrected chi connectivity index (χ2v) is 2.89. The molecule has 0 aromatic rings. The third kappa shape index (κ3) is 2.07. The van der Waals surface area contributed by atoms with Crippen LogP contribution in [0.3, 0.4) is 0 Å². The minimum atomic E-state index is 0.00576. The molecule has 0 aromatic heterocycles. The van der Waals surface area contributed by atoms with E-state index in [1.165, 1.54) is 0 Å². The SMILES string of the molecule is CO[C@@H]1CCN(C(=O)CCl)C1. The van der Waals surface area contributed by atoms with Crippen molar-refractivity contribution in [3.8, 4) is 0 Å². The van der Waals surface area contributed by atoms with Crippen LogP contribution in [0.4, 0.5) is 0 Å². The van der Waals surface area contributed by atoms with Crippen molar-refractivity contribution in [2.75, 3.05) is 26.1 Å². The fourth-order valence-corrected chi connectivity index (χ4v) is 1.40. The molecule has 1 rings (SSSR count). The first-order valence-corrected chi connectivity index (χ1v) is 4.18. The summed E-state index contributed by atoms with van der Waals surface area (Å²) in [7, 11) is 1.67. The van der Waals surface area contributed by atoms with Crippen LogP contribution in [0.2, 0.25) is 0 Å². The van der Waals surface area contributed by atoms with Crippen molar-refractivity contribution in [2.24, 2.45) is 0 Å². The minimum Gasteiger partial charge on any atom is -0.380 e. The quantitative estimate of drug-likeness (QED) is 0.574. The maximum absolute atomic E-state index is 11.0. The molecular weight excluding hydrogens is 166 g/mol. The van der Waals surface area contributed by atoms with E-state index in [0.29, 0.717) is 6.54 Å². The molecule has 0 aromatic carbocycles. The third-order valence-electron chi connectivity index (χ3n) is 1.95. The summed E-state index contributed by atoms with van der Waals surface area (Å²) in [6.07, 6.45) is 1.14. The van der Waals surface area contributed by atoms with Gasteiger partial charge in [0, 0.05) is 20.2 Å². The van der Waals surface area contributed by atoms with Gasteiger partial charge in [-0.2, -0.15) is 0 Å².